The van der Waals surface area contributed by atoms with Crippen LogP contribution in [0.15, 0.2) is 35.4 Å². The Balaban J connectivity index is 2.29. The summed E-state index contributed by atoms with van der Waals surface area (Å²) in [5.41, 5.74) is 8.90. The molecule has 10 heteroatoms. The van der Waals surface area contributed by atoms with Gasteiger partial charge in [0.2, 0.25) is 0 Å². The Labute approximate surface area is 156 Å². The van der Waals surface area contributed by atoms with Gasteiger partial charge in [-0.25, -0.2) is 0 Å². The molecule has 1 fully saturated rings. The number of carbonyl (C=O) groups excluding carboxylic acids is 2. The number of azide groups is 1. The van der Waals surface area contributed by atoms with Crippen LogP contribution >= 0.6 is 0 Å². The van der Waals surface area contributed by atoms with Crippen LogP contribution in [0, 0.1) is 0 Å². The normalized spacial score (nSPS) is 27.9. The molecule has 0 bridgehead atoms. The van der Waals surface area contributed by atoms with Crippen molar-refractivity contribution in [3.63, 3.8) is 0 Å². The van der Waals surface area contributed by atoms with Crippen molar-refractivity contribution in [1.82, 2.24) is 0 Å². The van der Waals surface area contributed by atoms with E-state index in [1.807, 2.05) is 30.3 Å². The molecule has 1 heterocycles. The predicted molar refractivity (Wildman–Crippen MR) is 91.6 cm³/mol. The molecule has 1 saturated heterocycles. The van der Waals surface area contributed by atoms with E-state index < -0.39 is 41.3 Å². The Morgan fingerprint density at radius 3 is 2.58 bits per heavy atom. The number of nitrogens with zero attached hydrogens (tertiary/aromatic N) is 3. The maximum atomic E-state index is 11.5. The van der Waals surface area contributed by atoms with Gasteiger partial charge in [0.25, 0.3) is 0 Å². The SMILES string of the molecule is CC(=O)OC[C@H]1O[C@H]([Se]c2ccccc2)[C@H](N=[N+]=[N-])[C@@H](OC(C)=O)[C@H]1O. The second kappa shape index (κ2) is 9.56. The average Bonchev–Trinajstić information content (AvgIpc) is 2.59. The zero-order valence-electron chi connectivity index (χ0n) is 14.2. The molecule has 2 rings (SSSR count). The summed E-state index contributed by atoms with van der Waals surface area (Å²) in [4.78, 5) is 25.3. The number of benzene rings is 1. The van der Waals surface area contributed by atoms with Crippen molar-refractivity contribution in [1.29, 1.82) is 0 Å². The molecule has 0 saturated carbocycles. The molecule has 1 aromatic carbocycles. The molecule has 1 N–H and O–H groups in total. The number of aliphatic hydroxyl groups excluding tert-OH is 1. The Morgan fingerprint density at radius 1 is 1.31 bits per heavy atom. The van der Waals surface area contributed by atoms with Gasteiger partial charge in [-0.05, 0) is 0 Å². The topological polar surface area (TPSA) is 131 Å². The predicted octanol–water partition coefficient (Wildman–Crippen LogP) is 0.276. The summed E-state index contributed by atoms with van der Waals surface area (Å²) in [6.07, 6.45) is -3.28. The number of aliphatic hydroxyl groups is 1. The van der Waals surface area contributed by atoms with Gasteiger partial charge in [0.1, 0.15) is 0 Å². The molecule has 9 nitrogen and oxygen atoms in total. The summed E-state index contributed by atoms with van der Waals surface area (Å²) < 4.78 is 17.0. The molecular formula is C16H19N3O6Se. The zero-order chi connectivity index (χ0) is 19.1. The van der Waals surface area contributed by atoms with Crippen LogP contribution in [0.5, 0.6) is 0 Å². The standard InChI is InChI=1S/C16H19N3O6Se/c1-9(20)23-8-12-14(22)15(24-10(2)21)13(18-19-17)16(25-12)26-11-6-4-3-5-7-11/h3-7,12-16,22H,8H2,1-2H3/t12-,13-,14+,15-,16-/m1/s1. The maximum absolute atomic E-state index is 11.5. The Bertz CT molecular complexity index is 682. The summed E-state index contributed by atoms with van der Waals surface area (Å²) in [5, 5.41) is 13.6. The first-order valence-corrected chi connectivity index (χ1v) is 9.67. The van der Waals surface area contributed by atoms with E-state index in [9.17, 15) is 14.7 Å². The fourth-order valence-corrected chi connectivity index (χ4v) is 4.85. The third-order valence-corrected chi connectivity index (χ3v) is 6.02. The summed E-state index contributed by atoms with van der Waals surface area (Å²) in [6.45, 7) is 2.25. The fourth-order valence-electron chi connectivity index (χ4n) is 2.48. The Morgan fingerprint density at radius 2 is 2.00 bits per heavy atom. The molecule has 26 heavy (non-hydrogen) atoms. The minimum atomic E-state index is -1.29. The molecule has 5 atom stereocenters. The van der Waals surface area contributed by atoms with Crippen molar-refractivity contribution in [3.8, 4) is 0 Å². The van der Waals surface area contributed by atoms with Gasteiger partial charge in [0.15, 0.2) is 0 Å². The van der Waals surface area contributed by atoms with Gasteiger partial charge in [-0.2, -0.15) is 0 Å². The molecule has 140 valence electrons. The van der Waals surface area contributed by atoms with Crippen LogP contribution in [0.1, 0.15) is 13.8 Å². The second-order valence-corrected chi connectivity index (χ2v) is 7.99. The van der Waals surface area contributed by atoms with Crippen molar-refractivity contribution in [2.24, 2.45) is 5.11 Å². The number of rotatable bonds is 6. The van der Waals surface area contributed by atoms with E-state index in [4.69, 9.17) is 19.7 Å². The number of hydrogen-bond donors (Lipinski definition) is 1. The van der Waals surface area contributed by atoms with Crippen molar-refractivity contribution in [2.45, 2.75) is 43.2 Å². The van der Waals surface area contributed by atoms with E-state index in [1.54, 1.807) is 0 Å². The van der Waals surface area contributed by atoms with Crippen molar-refractivity contribution in [3.05, 3.63) is 40.8 Å². The van der Waals surface area contributed by atoms with E-state index >= 15 is 0 Å². The van der Waals surface area contributed by atoms with Crippen LogP contribution in [-0.4, -0.2) is 68.0 Å². The van der Waals surface area contributed by atoms with Gasteiger partial charge in [0.05, 0.1) is 0 Å². The molecule has 0 unspecified atom stereocenters. The molecule has 1 aromatic rings. The summed E-state index contributed by atoms with van der Waals surface area (Å²) >= 11 is -0.298. The first-order chi connectivity index (χ1) is 12.4. The first kappa shape index (κ1) is 20.2. The molecule has 1 aliphatic heterocycles. The van der Waals surface area contributed by atoms with Crippen LogP contribution in [0.25, 0.3) is 10.4 Å². The number of carbonyl (C=O) groups is 2. The van der Waals surface area contributed by atoms with Gasteiger partial charge in [0, 0.05) is 0 Å². The van der Waals surface area contributed by atoms with E-state index in [2.05, 4.69) is 10.0 Å². The molecule has 0 spiro atoms. The third kappa shape index (κ3) is 5.45. The Kier molecular flexibility index (Phi) is 7.44. The van der Waals surface area contributed by atoms with Crippen LogP contribution in [-0.2, 0) is 23.8 Å². The van der Waals surface area contributed by atoms with E-state index in [0.29, 0.717) is 0 Å². The molecule has 0 aliphatic carbocycles. The summed E-state index contributed by atoms with van der Waals surface area (Å²) in [6, 6.07) is 8.54. The molecule has 1 aliphatic rings. The van der Waals surface area contributed by atoms with Crippen molar-refractivity contribution >= 4 is 31.4 Å². The van der Waals surface area contributed by atoms with E-state index in [0.717, 1.165) is 4.46 Å². The van der Waals surface area contributed by atoms with Crippen LogP contribution in [0.3, 0.4) is 0 Å². The molecule has 0 aromatic heterocycles. The van der Waals surface area contributed by atoms with Gasteiger partial charge in [-0.15, -0.1) is 0 Å². The average molecular weight is 428 g/mol. The molecule has 0 amide bonds. The summed E-state index contributed by atoms with van der Waals surface area (Å²) in [7, 11) is 0. The molecular weight excluding hydrogens is 409 g/mol. The van der Waals surface area contributed by atoms with E-state index in [1.165, 1.54) is 13.8 Å². The van der Waals surface area contributed by atoms with E-state index in [-0.39, 0.29) is 21.6 Å². The van der Waals surface area contributed by atoms with Crippen LogP contribution < -0.4 is 4.46 Å². The fraction of sp³-hybridized carbons (Fsp3) is 0.500. The Hall–Kier alpha value is -2.09. The monoisotopic (exact) mass is 429 g/mol. The first-order valence-electron chi connectivity index (χ1n) is 7.82. The third-order valence-electron chi connectivity index (χ3n) is 3.58. The van der Waals surface area contributed by atoms with Gasteiger partial charge >= 0.3 is 156 Å². The number of ether oxygens (including phenoxy) is 3. The van der Waals surface area contributed by atoms with Gasteiger partial charge in [-0.1, -0.05) is 0 Å². The van der Waals surface area contributed by atoms with Crippen LogP contribution in [0.4, 0.5) is 0 Å². The second-order valence-electron chi connectivity index (χ2n) is 5.54. The zero-order valence-corrected chi connectivity index (χ0v) is 15.9. The quantitative estimate of drug-likeness (QED) is 0.228. The van der Waals surface area contributed by atoms with Gasteiger partial charge in [-0.3, -0.25) is 0 Å². The van der Waals surface area contributed by atoms with Gasteiger partial charge < -0.3 is 0 Å². The van der Waals surface area contributed by atoms with Crippen molar-refractivity contribution in [2.75, 3.05) is 6.61 Å². The molecule has 0 radical (unpaired) electrons. The number of esters is 2. The minimum absolute atomic E-state index is 0.196. The number of hydrogen-bond acceptors (Lipinski definition) is 7. The summed E-state index contributed by atoms with van der Waals surface area (Å²) in [5.74, 6) is -1.14. The van der Waals surface area contributed by atoms with Crippen molar-refractivity contribution < 1.29 is 28.9 Å². The van der Waals surface area contributed by atoms with Crippen LogP contribution in [0.2, 0.25) is 0 Å².